The third kappa shape index (κ3) is 7.86. The third-order valence-corrected chi connectivity index (χ3v) is 18.7. The third-order valence-electron chi connectivity index (χ3n) is 18.7. The molecular weight excluding hydrogens is 1060 g/mol. The minimum Gasteiger partial charge on any atom is -0.311 e. The van der Waals surface area contributed by atoms with E-state index in [0.717, 1.165) is 45.3 Å². The van der Waals surface area contributed by atoms with Crippen molar-refractivity contribution in [3.63, 3.8) is 0 Å². The van der Waals surface area contributed by atoms with Gasteiger partial charge in [0.2, 0.25) is 0 Å². The van der Waals surface area contributed by atoms with Gasteiger partial charge in [0.1, 0.15) is 0 Å². The molecule has 0 spiro atoms. The van der Waals surface area contributed by atoms with Crippen molar-refractivity contribution in [2.45, 2.75) is 0 Å². The highest BCUT2D eigenvalue weighted by Crippen LogP contribution is 2.50. The van der Waals surface area contributed by atoms with Crippen LogP contribution in [0, 0.1) is 0 Å². The average molecular weight is 1120 g/mol. The van der Waals surface area contributed by atoms with Gasteiger partial charge in [-0.1, -0.05) is 267 Å². The maximum absolute atomic E-state index is 2.60. The van der Waals surface area contributed by atoms with E-state index in [-0.39, 0.29) is 6.71 Å². The highest BCUT2D eigenvalue weighted by atomic mass is 15.2. The molecule has 1 aromatic heterocycles. The number of fused-ring (bicyclic) bond motifs is 13. The molecule has 0 N–H and O–H groups in total. The van der Waals surface area contributed by atoms with E-state index in [2.05, 4.69) is 342 Å². The quantitative estimate of drug-likeness (QED) is 0.111. The van der Waals surface area contributed by atoms with Crippen LogP contribution < -0.4 is 26.2 Å². The second kappa shape index (κ2) is 20.1. The van der Waals surface area contributed by atoms with Crippen molar-refractivity contribution in [1.29, 1.82) is 0 Å². The van der Waals surface area contributed by atoms with Gasteiger partial charge in [0, 0.05) is 50.3 Å². The summed E-state index contributed by atoms with van der Waals surface area (Å²) in [5.74, 6) is 0. The summed E-state index contributed by atoms with van der Waals surface area (Å²) in [5.41, 5.74) is 25.9. The zero-order valence-electron chi connectivity index (χ0n) is 48.1. The van der Waals surface area contributed by atoms with E-state index in [1.807, 2.05) is 0 Å². The zero-order valence-corrected chi connectivity index (χ0v) is 48.1. The molecule has 4 heteroatoms. The van der Waals surface area contributed by atoms with Gasteiger partial charge < -0.3 is 14.4 Å². The summed E-state index contributed by atoms with van der Waals surface area (Å²) in [7, 11) is 0. The van der Waals surface area contributed by atoms with Crippen molar-refractivity contribution in [3.05, 3.63) is 328 Å². The largest absolute Gasteiger partial charge is 0.311 e. The van der Waals surface area contributed by atoms with Crippen LogP contribution in [0.1, 0.15) is 0 Å². The Kier molecular flexibility index (Phi) is 11.4. The summed E-state index contributed by atoms with van der Waals surface area (Å²) in [5, 5.41) is 9.86. The molecule has 0 amide bonds. The van der Waals surface area contributed by atoms with E-state index in [0.29, 0.717) is 0 Å². The van der Waals surface area contributed by atoms with Crippen molar-refractivity contribution in [1.82, 2.24) is 4.57 Å². The van der Waals surface area contributed by atoms with Crippen molar-refractivity contribution in [3.8, 4) is 61.3 Å². The van der Waals surface area contributed by atoms with Gasteiger partial charge in [-0.25, -0.2) is 0 Å². The van der Waals surface area contributed by atoms with E-state index >= 15 is 0 Å². The number of aromatic nitrogens is 1. The van der Waals surface area contributed by atoms with E-state index in [1.54, 1.807) is 0 Å². The van der Waals surface area contributed by atoms with Crippen LogP contribution in [0.5, 0.6) is 0 Å². The lowest BCUT2D eigenvalue weighted by atomic mass is 9.33. The van der Waals surface area contributed by atoms with Crippen LogP contribution in [0.15, 0.2) is 328 Å². The second-order valence-electron chi connectivity index (χ2n) is 23.5. The van der Waals surface area contributed by atoms with Crippen LogP contribution in [0.4, 0.5) is 34.1 Å². The summed E-state index contributed by atoms with van der Waals surface area (Å²) in [6, 6.07) is 122. The second-order valence-corrected chi connectivity index (χ2v) is 23.5. The van der Waals surface area contributed by atoms with Crippen LogP contribution in [-0.2, 0) is 0 Å². The number of hydrogen-bond acceptors (Lipinski definition) is 2. The summed E-state index contributed by atoms with van der Waals surface area (Å²) in [6.45, 7) is -0.151. The molecule has 0 saturated heterocycles. The fourth-order valence-corrected chi connectivity index (χ4v) is 14.8. The predicted octanol–water partition coefficient (Wildman–Crippen LogP) is 20.7. The molecule has 16 aromatic rings. The average Bonchev–Trinajstić information content (AvgIpc) is 1.04. The first kappa shape index (κ1) is 49.9. The Morgan fingerprint density at radius 2 is 0.648 bits per heavy atom. The van der Waals surface area contributed by atoms with Crippen LogP contribution in [-0.4, -0.2) is 11.3 Å². The van der Waals surface area contributed by atoms with E-state index in [1.165, 1.54) is 121 Å². The van der Waals surface area contributed by atoms with E-state index in [9.17, 15) is 0 Å². The highest BCUT2D eigenvalue weighted by Gasteiger charge is 2.44. The summed E-state index contributed by atoms with van der Waals surface area (Å²) in [4.78, 5) is 5.14. The van der Waals surface area contributed by atoms with Crippen LogP contribution in [0.3, 0.4) is 0 Å². The minimum atomic E-state index is -0.151. The molecule has 0 bridgehead atoms. The molecule has 3 heterocycles. The lowest BCUT2D eigenvalue weighted by Gasteiger charge is -2.44. The Bertz CT molecular complexity index is 5220. The normalized spacial score (nSPS) is 12.5. The van der Waals surface area contributed by atoms with Gasteiger partial charge in [0.25, 0.3) is 6.71 Å². The van der Waals surface area contributed by atoms with Gasteiger partial charge in [-0.2, -0.15) is 0 Å². The van der Waals surface area contributed by atoms with E-state index < -0.39 is 0 Å². The Morgan fingerprint density at radius 1 is 0.239 bits per heavy atom. The molecule has 0 atom stereocenters. The molecule has 408 valence electrons. The molecule has 0 unspecified atom stereocenters. The predicted molar refractivity (Wildman–Crippen MR) is 375 cm³/mol. The number of rotatable bonds is 8. The topological polar surface area (TPSA) is 11.4 Å². The molecular formula is C84H54BN3. The summed E-state index contributed by atoms with van der Waals surface area (Å²) >= 11 is 0. The molecule has 2 aliphatic heterocycles. The first-order chi connectivity index (χ1) is 43.7. The monoisotopic (exact) mass is 1120 g/mol. The van der Waals surface area contributed by atoms with Crippen LogP contribution >= 0.6 is 0 Å². The maximum atomic E-state index is 2.60. The molecule has 0 saturated carbocycles. The van der Waals surface area contributed by atoms with Gasteiger partial charge >= 0.3 is 0 Å². The maximum Gasteiger partial charge on any atom is 0.252 e. The zero-order chi connectivity index (χ0) is 57.8. The van der Waals surface area contributed by atoms with Crippen LogP contribution in [0.25, 0.3) is 115 Å². The lowest BCUT2D eigenvalue weighted by molar-refractivity contribution is 1.16. The molecule has 2 aliphatic rings. The molecule has 3 nitrogen and oxygen atoms in total. The van der Waals surface area contributed by atoms with Gasteiger partial charge in [0.05, 0.1) is 16.7 Å². The SMILES string of the molecule is c1ccc(-c2ccc(N3c4ccc(-c5ccccc5)cc4B4c5cc(-c6ccccc6)ccc5N(c5ccc(-c6ccccc6)cc5)c5cc(-n6c7ccc(-c8cccc9ccccc89)cc7c7c8ccccc8c8ccccc8c76)cc3c54)cc2)cc1. The first-order valence-corrected chi connectivity index (χ1v) is 30.5. The van der Waals surface area contributed by atoms with Crippen molar-refractivity contribution >= 4 is 111 Å². The van der Waals surface area contributed by atoms with Gasteiger partial charge in [-0.05, 0) is 160 Å². The molecule has 0 aliphatic carbocycles. The fraction of sp³-hybridized carbons (Fsp3) is 0. The Hall–Kier alpha value is -11.5. The Balaban J connectivity index is 0.977. The molecule has 88 heavy (non-hydrogen) atoms. The van der Waals surface area contributed by atoms with Gasteiger partial charge in [-0.3, -0.25) is 0 Å². The van der Waals surface area contributed by atoms with Crippen molar-refractivity contribution in [2.75, 3.05) is 9.80 Å². The van der Waals surface area contributed by atoms with Crippen molar-refractivity contribution in [2.24, 2.45) is 0 Å². The smallest absolute Gasteiger partial charge is 0.252 e. The van der Waals surface area contributed by atoms with Crippen molar-refractivity contribution < 1.29 is 0 Å². The Labute approximate surface area is 511 Å². The van der Waals surface area contributed by atoms with Gasteiger partial charge in [-0.15, -0.1) is 0 Å². The lowest BCUT2D eigenvalue weighted by Crippen LogP contribution is -2.61. The first-order valence-electron chi connectivity index (χ1n) is 30.5. The number of anilines is 6. The highest BCUT2D eigenvalue weighted by molar-refractivity contribution is 7.00. The molecule has 0 fully saturated rings. The summed E-state index contributed by atoms with van der Waals surface area (Å²) < 4.78 is 2.60. The Morgan fingerprint density at radius 3 is 1.18 bits per heavy atom. The number of benzene rings is 15. The molecule has 15 aromatic carbocycles. The molecule has 18 rings (SSSR count). The summed E-state index contributed by atoms with van der Waals surface area (Å²) in [6.07, 6.45) is 0. The standard InChI is InChI=1S/C84H54BN3/c1-5-20-55(21-6-1)59-36-43-65(44-37-59)86-78-48-40-62(57-24-9-3-10-25-57)51-75(78)85-76-52-63(58-26-11-4-12-27-58)41-49-79(76)87(66-45-38-60(39-46-66)56-22-7-2-8-23-56)81-54-67(53-80(86)83(81)85)88-77-47-42-64(69-35-19-29-61-28-13-14-30-68(61)69)50-74(77)82-72-33-17-15-31-70(72)71-32-16-18-34-73(71)84(82)88/h1-54H. The minimum absolute atomic E-state index is 0.151. The molecule has 0 radical (unpaired) electrons. The van der Waals surface area contributed by atoms with Gasteiger partial charge in [0.15, 0.2) is 0 Å². The van der Waals surface area contributed by atoms with E-state index in [4.69, 9.17) is 0 Å². The fourth-order valence-electron chi connectivity index (χ4n) is 14.8. The number of nitrogens with zero attached hydrogens (tertiary/aromatic N) is 3. The number of hydrogen-bond donors (Lipinski definition) is 0. The van der Waals surface area contributed by atoms with Crippen LogP contribution in [0.2, 0.25) is 0 Å².